The summed E-state index contributed by atoms with van der Waals surface area (Å²) in [6.45, 7) is 0. The van der Waals surface area contributed by atoms with Crippen molar-refractivity contribution in [3.05, 3.63) is 52.4 Å². The molecule has 0 aliphatic rings. The van der Waals surface area contributed by atoms with Gasteiger partial charge in [0.25, 0.3) is 10.0 Å². The van der Waals surface area contributed by atoms with Gasteiger partial charge in [-0.25, -0.2) is 18.2 Å². The van der Waals surface area contributed by atoms with Crippen LogP contribution >= 0.6 is 15.9 Å². The smallest absolute Gasteiger partial charge is 0.274 e. The van der Waals surface area contributed by atoms with Gasteiger partial charge in [-0.05, 0) is 34.1 Å². The molecule has 0 radical (unpaired) electrons. The van der Waals surface area contributed by atoms with Crippen LogP contribution < -0.4 is 4.72 Å². The first kappa shape index (κ1) is 14.8. The number of sulfonamides is 1. The lowest BCUT2D eigenvalue weighted by Gasteiger charge is -2.10. The molecule has 0 aliphatic heterocycles. The van der Waals surface area contributed by atoms with E-state index in [9.17, 15) is 21.6 Å². The van der Waals surface area contributed by atoms with E-state index in [4.69, 9.17) is 0 Å². The van der Waals surface area contributed by atoms with Crippen molar-refractivity contribution in [3.8, 4) is 0 Å². The maximum atomic E-state index is 13.5. The van der Waals surface area contributed by atoms with Crippen molar-refractivity contribution in [1.29, 1.82) is 0 Å². The van der Waals surface area contributed by atoms with Crippen LogP contribution in [0, 0.1) is 17.5 Å². The lowest BCUT2D eigenvalue weighted by Crippen LogP contribution is -2.17. The molecule has 0 saturated carbocycles. The monoisotopic (exact) mass is 366 g/mol. The molecule has 1 aromatic heterocycles. The summed E-state index contributed by atoms with van der Waals surface area (Å²) < 4.78 is 65.4. The Morgan fingerprint density at radius 1 is 1.15 bits per heavy atom. The minimum absolute atomic E-state index is 0.157. The molecule has 1 heterocycles. The van der Waals surface area contributed by atoms with Crippen LogP contribution in [0.3, 0.4) is 0 Å². The first-order chi connectivity index (χ1) is 9.31. The second kappa shape index (κ2) is 5.41. The Hall–Kier alpha value is -1.61. The second-order valence-electron chi connectivity index (χ2n) is 3.64. The molecule has 0 unspecified atom stereocenters. The van der Waals surface area contributed by atoms with Crippen molar-refractivity contribution in [2.75, 3.05) is 4.72 Å². The molecule has 0 atom stereocenters. The molecule has 2 rings (SSSR count). The largest absolute Gasteiger partial charge is 0.282 e. The molecule has 4 nitrogen and oxygen atoms in total. The number of halogens is 4. The Kier molecular flexibility index (Phi) is 4.00. The molecule has 20 heavy (non-hydrogen) atoms. The van der Waals surface area contributed by atoms with Crippen LogP contribution in [0.25, 0.3) is 0 Å². The normalized spacial score (nSPS) is 11.4. The average Bonchev–Trinajstić information content (AvgIpc) is 2.34. The van der Waals surface area contributed by atoms with Gasteiger partial charge < -0.3 is 0 Å². The first-order valence-corrected chi connectivity index (χ1v) is 7.37. The fourth-order valence-corrected chi connectivity index (χ4v) is 3.13. The summed E-state index contributed by atoms with van der Waals surface area (Å²) in [5.41, 5.74) is -0.531. The lowest BCUT2D eigenvalue weighted by molar-refractivity contribution is 0.555. The number of anilines is 1. The van der Waals surface area contributed by atoms with Gasteiger partial charge in [0.15, 0.2) is 11.6 Å². The minimum atomic E-state index is -4.43. The molecule has 1 N–H and O–H groups in total. The van der Waals surface area contributed by atoms with Crippen molar-refractivity contribution in [2.24, 2.45) is 0 Å². The third-order valence-electron chi connectivity index (χ3n) is 2.22. The summed E-state index contributed by atoms with van der Waals surface area (Å²) in [5.74, 6) is -3.11. The molecule has 0 aliphatic carbocycles. The van der Waals surface area contributed by atoms with E-state index in [1.165, 1.54) is 6.07 Å². The van der Waals surface area contributed by atoms with E-state index >= 15 is 0 Å². The summed E-state index contributed by atoms with van der Waals surface area (Å²) in [6, 6.07) is 3.48. The number of aromatic nitrogens is 1. The highest BCUT2D eigenvalue weighted by molar-refractivity contribution is 9.10. The Morgan fingerprint density at radius 3 is 2.45 bits per heavy atom. The predicted octanol–water partition coefficient (Wildman–Crippen LogP) is 3.06. The van der Waals surface area contributed by atoms with Gasteiger partial charge in [0.05, 0.1) is 5.69 Å². The van der Waals surface area contributed by atoms with E-state index in [0.717, 1.165) is 18.3 Å². The highest BCUT2D eigenvalue weighted by Crippen LogP contribution is 2.29. The Balaban J connectivity index is 2.47. The van der Waals surface area contributed by atoms with Gasteiger partial charge in [-0.3, -0.25) is 4.72 Å². The number of nitrogens with zero attached hydrogens (tertiary/aromatic N) is 1. The summed E-state index contributed by atoms with van der Waals surface area (Å²) in [6.07, 6.45) is 1.08. The second-order valence-corrected chi connectivity index (χ2v) is 6.09. The van der Waals surface area contributed by atoms with E-state index in [2.05, 4.69) is 20.9 Å². The number of nitrogens with one attached hydrogen (secondary N) is 1. The van der Waals surface area contributed by atoms with Gasteiger partial charge in [0, 0.05) is 16.7 Å². The van der Waals surface area contributed by atoms with Crippen molar-refractivity contribution in [2.45, 2.75) is 5.03 Å². The molecule has 0 spiro atoms. The summed E-state index contributed by atoms with van der Waals surface area (Å²) in [5, 5.41) is -0.879. The third kappa shape index (κ3) is 2.93. The summed E-state index contributed by atoms with van der Waals surface area (Å²) >= 11 is 2.82. The topological polar surface area (TPSA) is 59.1 Å². The van der Waals surface area contributed by atoms with E-state index in [0.29, 0.717) is 6.07 Å². The molecule has 106 valence electrons. The molecular formula is C11H6BrF3N2O2S. The van der Waals surface area contributed by atoms with Crippen LogP contribution in [-0.4, -0.2) is 13.4 Å². The maximum absolute atomic E-state index is 13.5. The quantitative estimate of drug-likeness (QED) is 0.907. The van der Waals surface area contributed by atoms with E-state index in [1.54, 1.807) is 0 Å². The number of hydrogen-bond acceptors (Lipinski definition) is 3. The Labute approximate surface area is 120 Å². The first-order valence-electron chi connectivity index (χ1n) is 5.09. The van der Waals surface area contributed by atoms with E-state index < -0.39 is 38.2 Å². The number of rotatable bonds is 3. The molecule has 9 heteroatoms. The molecule has 2 aromatic rings. The van der Waals surface area contributed by atoms with Crippen LogP contribution in [0.2, 0.25) is 0 Å². The Bertz CT molecular complexity index is 745. The van der Waals surface area contributed by atoms with Gasteiger partial charge in [-0.15, -0.1) is 0 Å². The molecule has 1 aromatic carbocycles. The highest BCUT2D eigenvalue weighted by Gasteiger charge is 2.23. The van der Waals surface area contributed by atoms with Crippen molar-refractivity contribution >= 4 is 31.6 Å². The lowest BCUT2D eigenvalue weighted by atomic mass is 10.3. The van der Waals surface area contributed by atoms with Crippen LogP contribution in [0.5, 0.6) is 0 Å². The standard InChI is InChI=1S/C11H6BrF3N2O2S/c12-7-4-6(13)5-9(15)10(7)17-20(18,19)11-8(14)2-1-3-16-11/h1-5,17H. The fraction of sp³-hybridized carbons (Fsp3) is 0. The molecule has 0 bridgehead atoms. The van der Waals surface area contributed by atoms with Gasteiger partial charge in [0.2, 0.25) is 5.03 Å². The molecular weight excluding hydrogens is 361 g/mol. The highest BCUT2D eigenvalue weighted by atomic mass is 79.9. The van der Waals surface area contributed by atoms with Gasteiger partial charge in [0.1, 0.15) is 5.82 Å². The van der Waals surface area contributed by atoms with Crippen molar-refractivity contribution < 1.29 is 21.6 Å². The number of pyridine rings is 1. The van der Waals surface area contributed by atoms with Gasteiger partial charge >= 0.3 is 0 Å². The molecule has 0 fully saturated rings. The van der Waals surface area contributed by atoms with Crippen LogP contribution in [0.4, 0.5) is 18.9 Å². The summed E-state index contributed by atoms with van der Waals surface area (Å²) in [4.78, 5) is 3.39. The third-order valence-corrected chi connectivity index (χ3v) is 4.13. The number of hydrogen-bond donors (Lipinski definition) is 1. The Morgan fingerprint density at radius 2 is 1.85 bits per heavy atom. The van der Waals surface area contributed by atoms with Crippen LogP contribution in [0.1, 0.15) is 0 Å². The van der Waals surface area contributed by atoms with Crippen molar-refractivity contribution in [1.82, 2.24) is 4.98 Å². The minimum Gasteiger partial charge on any atom is -0.274 e. The predicted molar refractivity (Wildman–Crippen MR) is 69.1 cm³/mol. The zero-order valence-corrected chi connectivity index (χ0v) is 12.0. The fourth-order valence-electron chi connectivity index (χ4n) is 1.39. The summed E-state index contributed by atoms with van der Waals surface area (Å²) in [7, 11) is -4.43. The average molecular weight is 367 g/mol. The molecule has 0 saturated heterocycles. The van der Waals surface area contributed by atoms with Gasteiger partial charge in [-0.1, -0.05) is 0 Å². The van der Waals surface area contributed by atoms with Crippen LogP contribution in [0.15, 0.2) is 40.0 Å². The molecule has 0 amide bonds. The van der Waals surface area contributed by atoms with E-state index in [1.807, 2.05) is 4.72 Å². The SMILES string of the molecule is O=S(=O)(Nc1c(F)cc(F)cc1Br)c1ncccc1F. The maximum Gasteiger partial charge on any atom is 0.282 e. The van der Waals surface area contributed by atoms with E-state index in [-0.39, 0.29) is 4.47 Å². The zero-order valence-electron chi connectivity index (χ0n) is 9.57. The van der Waals surface area contributed by atoms with Crippen molar-refractivity contribution in [3.63, 3.8) is 0 Å². The zero-order chi connectivity index (χ0) is 14.9. The van der Waals surface area contributed by atoms with Gasteiger partial charge in [-0.2, -0.15) is 8.42 Å². The van der Waals surface area contributed by atoms with Crippen LogP contribution in [-0.2, 0) is 10.0 Å². The number of benzene rings is 1.